The van der Waals surface area contributed by atoms with Crippen LogP contribution in [0.3, 0.4) is 0 Å². The van der Waals surface area contributed by atoms with E-state index in [-0.39, 0.29) is 0 Å². The number of hydrogen-bond acceptors (Lipinski definition) is 3. The molecule has 2 aliphatic rings. The Morgan fingerprint density at radius 2 is 1.85 bits per heavy atom. The molecule has 0 saturated carbocycles. The monoisotopic (exact) mass is 392 g/mol. The smallest absolute Gasteiger partial charge is 0.339 e. The Labute approximate surface area is 162 Å². The second-order valence-corrected chi connectivity index (χ2v) is 8.37. The average molecular weight is 392 g/mol. The number of nitrogens with one attached hydrogen (secondary N) is 1. The van der Waals surface area contributed by atoms with E-state index >= 15 is 0 Å². The number of nitrogens with zero attached hydrogens (tertiary/aromatic N) is 1. The molecule has 2 atom stereocenters. The Balaban J connectivity index is 1.75. The third-order valence-corrected chi connectivity index (χ3v) is 6.79. The SMILES string of the molecule is CCC1CCNCC1CN1c2ccccc2Sc2ccc(C(F)(F)F)cc21. The third kappa shape index (κ3) is 3.69. The van der Waals surface area contributed by atoms with Gasteiger partial charge in [-0.1, -0.05) is 37.2 Å². The van der Waals surface area contributed by atoms with Gasteiger partial charge in [-0.3, -0.25) is 0 Å². The van der Waals surface area contributed by atoms with E-state index in [1.807, 2.05) is 24.3 Å². The van der Waals surface area contributed by atoms with Gasteiger partial charge in [0.1, 0.15) is 0 Å². The fourth-order valence-electron chi connectivity index (χ4n) is 4.17. The first-order chi connectivity index (χ1) is 13.0. The van der Waals surface area contributed by atoms with Crippen molar-refractivity contribution in [2.75, 3.05) is 24.5 Å². The topological polar surface area (TPSA) is 15.3 Å². The molecular weight excluding hydrogens is 369 g/mol. The molecule has 1 N–H and O–H groups in total. The number of halogens is 3. The van der Waals surface area contributed by atoms with Crippen LogP contribution in [0.15, 0.2) is 52.3 Å². The fraction of sp³-hybridized carbons (Fsp3) is 0.429. The second-order valence-electron chi connectivity index (χ2n) is 7.28. The molecule has 27 heavy (non-hydrogen) atoms. The summed E-state index contributed by atoms with van der Waals surface area (Å²) in [5.41, 5.74) is 1.10. The van der Waals surface area contributed by atoms with Gasteiger partial charge < -0.3 is 10.2 Å². The molecule has 144 valence electrons. The predicted molar refractivity (Wildman–Crippen MR) is 104 cm³/mol. The van der Waals surface area contributed by atoms with E-state index in [1.54, 1.807) is 17.8 Å². The van der Waals surface area contributed by atoms with Crippen molar-refractivity contribution in [1.82, 2.24) is 5.32 Å². The first-order valence-electron chi connectivity index (χ1n) is 9.43. The summed E-state index contributed by atoms with van der Waals surface area (Å²) in [4.78, 5) is 4.09. The van der Waals surface area contributed by atoms with Gasteiger partial charge in [-0.05, 0) is 61.7 Å². The third-order valence-electron chi connectivity index (χ3n) is 5.66. The number of fused-ring (bicyclic) bond motifs is 2. The Hall–Kier alpha value is -1.66. The molecule has 0 radical (unpaired) electrons. The number of anilines is 2. The minimum atomic E-state index is -4.33. The van der Waals surface area contributed by atoms with Gasteiger partial charge in [0, 0.05) is 16.3 Å². The van der Waals surface area contributed by atoms with Crippen molar-refractivity contribution in [2.24, 2.45) is 11.8 Å². The molecule has 2 aliphatic heterocycles. The van der Waals surface area contributed by atoms with Crippen LogP contribution in [0, 0.1) is 11.8 Å². The van der Waals surface area contributed by atoms with Crippen LogP contribution in [0.5, 0.6) is 0 Å². The highest BCUT2D eigenvalue weighted by Gasteiger charge is 2.34. The van der Waals surface area contributed by atoms with Crippen LogP contribution in [0.2, 0.25) is 0 Å². The van der Waals surface area contributed by atoms with Crippen molar-refractivity contribution in [2.45, 2.75) is 35.7 Å². The number of benzene rings is 2. The summed E-state index contributed by atoms with van der Waals surface area (Å²) in [6, 6.07) is 12.1. The lowest BCUT2D eigenvalue weighted by Gasteiger charge is -2.39. The van der Waals surface area contributed by atoms with Crippen LogP contribution in [0.1, 0.15) is 25.3 Å². The molecule has 2 aromatic rings. The van der Waals surface area contributed by atoms with Gasteiger partial charge in [-0.15, -0.1) is 0 Å². The fourth-order valence-corrected chi connectivity index (χ4v) is 5.24. The summed E-state index contributed by atoms with van der Waals surface area (Å²) in [5.74, 6) is 1.02. The van der Waals surface area contributed by atoms with Crippen LogP contribution >= 0.6 is 11.8 Å². The van der Waals surface area contributed by atoms with Gasteiger partial charge in [-0.25, -0.2) is 0 Å². The standard InChI is InChI=1S/C21H23F3N2S/c1-2-14-9-10-25-12-15(14)13-26-17-5-3-4-6-19(17)27-20-8-7-16(11-18(20)26)21(22,23)24/h3-8,11,14-15,25H,2,9-10,12-13H2,1H3. The van der Waals surface area contributed by atoms with E-state index in [1.165, 1.54) is 12.1 Å². The van der Waals surface area contributed by atoms with Crippen molar-refractivity contribution >= 4 is 23.1 Å². The minimum absolute atomic E-state index is 0.419. The Bertz CT molecular complexity index is 821. The number of para-hydroxylation sites is 1. The molecule has 2 nitrogen and oxygen atoms in total. The highest BCUT2D eigenvalue weighted by atomic mass is 32.2. The second kappa shape index (κ2) is 7.40. The number of hydrogen-bond donors (Lipinski definition) is 1. The summed E-state index contributed by atoms with van der Waals surface area (Å²) >= 11 is 1.55. The van der Waals surface area contributed by atoms with E-state index in [2.05, 4.69) is 17.1 Å². The molecule has 2 heterocycles. The van der Waals surface area contributed by atoms with Crippen LogP contribution in [-0.4, -0.2) is 19.6 Å². The molecule has 6 heteroatoms. The van der Waals surface area contributed by atoms with Crippen molar-refractivity contribution in [3.63, 3.8) is 0 Å². The van der Waals surface area contributed by atoms with Gasteiger partial charge in [0.25, 0.3) is 0 Å². The van der Waals surface area contributed by atoms with Crippen LogP contribution in [0.25, 0.3) is 0 Å². The maximum atomic E-state index is 13.3. The van der Waals surface area contributed by atoms with E-state index < -0.39 is 11.7 Å². The highest BCUT2D eigenvalue weighted by molar-refractivity contribution is 7.99. The Morgan fingerprint density at radius 3 is 2.63 bits per heavy atom. The zero-order valence-corrected chi connectivity index (χ0v) is 16.0. The number of rotatable bonds is 3. The zero-order chi connectivity index (χ0) is 19.0. The molecule has 0 bridgehead atoms. The normalized spacial score (nSPS) is 22.3. The van der Waals surface area contributed by atoms with E-state index in [4.69, 9.17) is 0 Å². The molecule has 2 aromatic carbocycles. The summed E-state index contributed by atoms with van der Waals surface area (Å²) in [7, 11) is 0. The molecule has 0 aromatic heterocycles. The first kappa shape index (κ1) is 18.7. The largest absolute Gasteiger partial charge is 0.416 e. The summed E-state index contributed by atoms with van der Waals surface area (Å²) in [6.07, 6.45) is -2.10. The van der Waals surface area contributed by atoms with E-state index in [9.17, 15) is 13.2 Å². The van der Waals surface area contributed by atoms with E-state index in [0.29, 0.717) is 17.5 Å². The molecule has 4 rings (SSSR count). The summed E-state index contributed by atoms with van der Waals surface area (Å²) < 4.78 is 40.0. The summed E-state index contributed by atoms with van der Waals surface area (Å²) in [6.45, 7) is 4.88. The quantitative estimate of drug-likeness (QED) is 0.695. The predicted octanol–water partition coefficient (Wildman–Crippen LogP) is 5.94. The van der Waals surface area contributed by atoms with Crippen LogP contribution in [0.4, 0.5) is 24.5 Å². The number of alkyl halides is 3. The lowest BCUT2D eigenvalue weighted by molar-refractivity contribution is -0.137. The van der Waals surface area contributed by atoms with Crippen molar-refractivity contribution in [3.05, 3.63) is 48.0 Å². The Kier molecular flexibility index (Phi) is 5.12. The molecule has 0 amide bonds. The molecule has 2 unspecified atom stereocenters. The highest BCUT2D eigenvalue weighted by Crippen LogP contribution is 2.50. The van der Waals surface area contributed by atoms with Gasteiger partial charge in [-0.2, -0.15) is 13.2 Å². The lowest BCUT2D eigenvalue weighted by Crippen LogP contribution is -2.42. The van der Waals surface area contributed by atoms with Crippen molar-refractivity contribution in [1.29, 1.82) is 0 Å². The molecule has 0 aliphatic carbocycles. The zero-order valence-electron chi connectivity index (χ0n) is 15.2. The minimum Gasteiger partial charge on any atom is -0.339 e. The van der Waals surface area contributed by atoms with Crippen molar-refractivity contribution in [3.8, 4) is 0 Å². The molecular formula is C21H23F3N2S. The molecule has 1 saturated heterocycles. The summed E-state index contributed by atoms with van der Waals surface area (Å²) in [5, 5.41) is 3.46. The average Bonchev–Trinajstić information content (AvgIpc) is 2.67. The van der Waals surface area contributed by atoms with Crippen LogP contribution in [-0.2, 0) is 6.18 Å². The van der Waals surface area contributed by atoms with Crippen LogP contribution < -0.4 is 10.2 Å². The Morgan fingerprint density at radius 1 is 1.07 bits per heavy atom. The lowest BCUT2D eigenvalue weighted by atomic mass is 9.84. The van der Waals surface area contributed by atoms with Gasteiger partial charge in [0.2, 0.25) is 0 Å². The maximum Gasteiger partial charge on any atom is 0.416 e. The van der Waals surface area contributed by atoms with Gasteiger partial charge >= 0.3 is 6.18 Å². The maximum absolute atomic E-state index is 13.3. The first-order valence-corrected chi connectivity index (χ1v) is 10.3. The molecule has 1 fully saturated rings. The molecule has 0 spiro atoms. The van der Waals surface area contributed by atoms with Gasteiger partial charge in [0.15, 0.2) is 0 Å². The van der Waals surface area contributed by atoms with E-state index in [0.717, 1.165) is 48.0 Å². The van der Waals surface area contributed by atoms with Crippen molar-refractivity contribution < 1.29 is 13.2 Å². The number of piperidine rings is 1. The van der Waals surface area contributed by atoms with Gasteiger partial charge in [0.05, 0.1) is 16.9 Å².